The van der Waals surface area contributed by atoms with Crippen LogP contribution in [0.3, 0.4) is 0 Å². The van der Waals surface area contributed by atoms with Gasteiger partial charge in [-0.15, -0.1) is 0 Å². The van der Waals surface area contributed by atoms with Crippen LogP contribution in [0.2, 0.25) is 0 Å². The van der Waals surface area contributed by atoms with Crippen molar-refractivity contribution in [2.45, 2.75) is 50.8 Å². The molecule has 0 aliphatic carbocycles. The molecule has 0 radical (unpaired) electrons. The average molecular weight is 438 g/mol. The fourth-order valence-corrected chi connectivity index (χ4v) is 6.06. The van der Waals surface area contributed by atoms with Gasteiger partial charge in [-0.1, -0.05) is 0 Å². The summed E-state index contributed by atoms with van der Waals surface area (Å²) in [6.45, 7) is 10.6. The summed E-state index contributed by atoms with van der Waals surface area (Å²) in [6.07, 6.45) is 1.65. The van der Waals surface area contributed by atoms with E-state index in [1.54, 1.807) is 17.0 Å². The lowest BCUT2D eigenvalue weighted by Crippen LogP contribution is -2.47. The van der Waals surface area contributed by atoms with Gasteiger partial charge in [-0.05, 0) is 77.9 Å². The molecular weight excluding hydrogens is 402 g/mol. The number of carbonyl (C=O) groups excluding carboxylic acids is 1. The zero-order chi connectivity index (χ0) is 22.3. The second kappa shape index (κ2) is 8.22. The number of hydrogen-bond donors (Lipinski definition) is 1. The number of rotatable bonds is 7. The number of hydrogen-bond acceptors (Lipinski definition) is 5. The van der Waals surface area contributed by atoms with Crippen LogP contribution in [0.5, 0.6) is 0 Å². The van der Waals surface area contributed by atoms with Gasteiger partial charge in [0.2, 0.25) is 15.9 Å². The number of sulfonamides is 1. The van der Waals surface area contributed by atoms with Crippen LogP contribution in [-0.4, -0.2) is 66.2 Å². The SMILES string of the molecule is CCN1C(=O)C(C)(C)c2cc(S(=O)(=O)NCC3(CN(C)C)CCOCC3)cc(C)c21. The van der Waals surface area contributed by atoms with Gasteiger partial charge in [0.15, 0.2) is 0 Å². The van der Waals surface area contributed by atoms with Crippen LogP contribution in [0.15, 0.2) is 17.0 Å². The van der Waals surface area contributed by atoms with E-state index in [1.165, 1.54) is 0 Å². The molecule has 0 unspecified atom stereocenters. The van der Waals surface area contributed by atoms with E-state index in [4.69, 9.17) is 4.74 Å². The first-order valence-electron chi connectivity index (χ1n) is 10.6. The molecule has 1 saturated heterocycles. The lowest BCUT2D eigenvalue weighted by Gasteiger charge is -2.39. The van der Waals surface area contributed by atoms with Gasteiger partial charge in [0.25, 0.3) is 0 Å². The molecule has 2 heterocycles. The predicted octanol–water partition coefficient (Wildman–Crippen LogP) is 2.28. The lowest BCUT2D eigenvalue weighted by molar-refractivity contribution is -0.122. The largest absolute Gasteiger partial charge is 0.381 e. The molecule has 0 aromatic heterocycles. The third kappa shape index (κ3) is 4.15. The molecule has 8 heteroatoms. The normalized spacial score (nSPS) is 20.6. The molecule has 2 aliphatic rings. The van der Waals surface area contributed by atoms with Gasteiger partial charge in [0.1, 0.15) is 0 Å². The molecule has 30 heavy (non-hydrogen) atoms. The summed E-state index contributed by atoms with van der Waals surface area (Å²) in [4.78, 5) is 16.9. The van der Waals surface area contributed by atoms with E-state index in [2.05, 4.69) is 9.62 Å². The Morgan fingerprint density at radius 1 is 1.20 bits per heavy atom. The fraction of sp³-hybridized carbons (Fsp3) is 0.682. The van der Waals surface area contributed by atoms with Crippen molar-refractivity contribution in [2.75, 3.05) is 51.8 Å². The molecule has 168 valence electrons. The highest BCUT2D eigenvalue weighted by Crippen LogP contribution is 2.44. The summed E-state index contributed by atoms with van der Waals surface area (Å²) >= 11 is 0. The van der Waals surface area contributed by atoms with Crippen LogP contribution in [0.1, 0.15) is 44.7 Å². The highest BCUT2D eigenvalue weighted by Gasteiger charge is 2.45. The Morgan fingerprint density at radius 2 is 1.83 bits per heavy atom. The molecule has 7 nitrogen and oxygen atoms in total. The average Bonchev–Trinajstić information content (AvgIpc) is 2.87. The summed E-state index contributed by atoms with van der Waals surface area (Å²) in [5.74, 6) is 0.0118. The molecule has 1 N–H and O–H groups in total. The van der Waals surface area contributed by atoms with Crippen molar-refractivity contribution >= 4 is 21.6 Å². The van der Waals surface area contributed by atoms with Gasteiger partial charge < -0.3 is 14.5 Å². The maximum Gasteiger partial charge on any atom is 0.240 e. The monoisotopic (exact) mass is 437 g/mol. The zero-order valence-corrected chi connectivity index (χ0v) is 19.9. The van der Waals surface area contributed by atoms with E-state index in [9.17, 15) is 13.2 Å². The molecule has 0 atom stereocenters. The number of nitrogens with zero attached hydrogens (tertiary/aromatic N) is 2. The minimum atomic E-state index is -3.71. The Morgan fingerprint density at radius 3 is 2.40 bits per heavy atom. The van der Waals surface area contributed by atoms with Crippen molar-refractivity contribution in [3.8, 4) is 0 Å². The minimum absolute atomic E-state index is 0.0118. The van der Waals surface area contributed by atoms with Crippen molar-refractivity contribution in [3.05, 3.63) is 23.3 Å². The summed E-state index contributed by atoms with van der Waals surface area (Å²) in [7, 11) is 0.307. The van der Waals surface area contributed by atoms with E-state index < -0.39 is 15.4 Å². The number of likely N-dealkylation sites (N-methyl/N-ethyl adjacent to an activating group) is 1. The molecule has 1 fully saturated rings. The molecule has 2 aliphatic heterocycles. The smallest absolute Gasteiger partial charge is 0.240 e. The standard InChI is InChI=1S/C22H35N3O4S/c1-7-25-19-16(2)12-17(13-18(19)21(3,4)20(25)26)30(27,28)23-14-22(15-24(5)6)8-10-29-11-9-22/h12-13,23H,7-11,14-15H2,1-6H3. The number of ether oxygens (including phenoxy) is 1. The predicted molar refractivity (Wildman–Crippen MR) is 118 cm³/mol. The molecule has 1 aromatic rings. The summed E-state index contributed by atoms with van der Waals surface area (Å²) in [6, 6.07) is 3.36. The second-order valence-corrected chi connectivity index (χ2v) is 11.3. The third-order valence-corrected chi connectivity index (χ3v) is 7.85. The van der Waals surface area contributed by atoms with Gasteiger partial charge in [-0.25, -0.2) is 13.1 Å². The van der Waals surface area contributed by atoms with Crippen LogP contribution in [0, 0.1) is 12.3 Å². The van der Waals surface area contributed by atoms with Crippen LogP contribution in [0.25, 0.3) is 0 Å². The van der Waals surface area contributed by atoms with Crippen molar-refractivity contribution in [1.29, 1.82) is 0 Å². The fourth-order valence-electron chi connectivity index (χ4n) is 4.79. The van der Waals surface area contributed by atoms with Gasteiger partial charge in [-0.3, -0.25) is 4.79 Å². The molecule has 1 aromatic carbocycles. The summed E-state index contributed by atoms with van der Waals surface area (Å²) < 4.78 is 34.9. The van der Waals surface area contributed by atoms with Crippen molar-refractivity contribution < 1.29 is 17.9 Å². The molecular formula is C22H35N3O4S. The molecule has 3 rings (SSSR count). The second-order valence-electron chi connectivity index (χ2n) is 9.49. The van der Waals surface area contributed by atoms with Gasteiger partial charge >= 0.3 is 0 Å². The first-order valence-corrected chi connectivity index (χ1v) is 12.1. The summed E-state index contributed by atoms with van der Waals surface area (Å²) in [5, 5.41) is 0. The maximum absolute atomic E-state index is 13.2. The van der Waals surface area contributed by atoms with Crippen LogP contribution >= 0.6 is 0 Å². The molecule has 0 spiro atoms. The number of amides is 1. The van der Waals surface area contributed by atoms with Crippen molar-refractivity contribution in [1.82, 2.24) is 9.62 Å². The summed E-state index contributed by atoms with van der Waals surface area (Å²) in [5.41, 5.74) is 1.55. The minimum Gasteiger partial charge on any atom is -0.381 e. The van der Waals surface area contributed by atoms with Crippen molar-refractivity contribution in [2.24, 2.45) is 5.41 Å². The highest BCUT2D eigenvalue weighted by molar-refractivity contribution is 7.89. The first kappa shape index (κ1) is 23.2. The Labute approximate surface area is 180 Å². The maximum atomic E-state index is 13.2. The number of aryl methyl sites for hydroxylation is 1. The quantitative estimate of drug-likeness (QED) is 0.708. The van der Waals surface area contributed by atoms with Crippen LogP contribution < -0.4 is 9.62 Å². The van der Waals surface area contributed by atoms with E-state index in [-0.39, 0.29) is 16.2 Å². The van der Waals surface area contributed by atoms with Gasteiger partial charge in [0, 0.05) is 38.3 Å². The van der Waals surface area contributed by atoms with E-state index in [0.717, 1.165) is 36.2 Å². The third-order valence-electron chi connectivity index (χ3n) is 6.47. The number of carbonyl (C=O) groups is 1. The molecule has 0 bridgehead atoms. The van der Waals surface area contributed by atoms with Crippen LogP contribution in [-0.2, 0) is 25.0 Å². The molecule has 1 amide bonds. The van der Waals surface area contributed by atoms with E-state index in [0.29, 0.717) is 26.3 Å². The number of benzene rings is 1. The Hall–Kier alpha value is -1.48. The Balaban J connectivity index is 1.91. The number of anilines is 1. The zero-order valence-electron chi connectivity index (χ0n) is 19.0. The highest BCUT2D eigenvalue weighted by atomic mass is 32.2. The Bertz CT molecular complexity index is 919. The van der Waals surface area contributed by atoms with Gasteiger partial charge in [-0.2, -0.15) is 0 Å². The topological polar surface area (TPSA) is 79.0 Å². The van der Waals surface area contributed by atoms with Gasteiger partial charge in [0.05, 0.1) is 16.0 Å². The van der Waals surface area contributed by atoms with Crippen LogP contribution in [0.4, 0.5) is 5.69 Å². The van der Waals surface area contributed by atoms with Crippen molar-refractivity contribution in [3.63, 3.8) is 0 Å². The van der Waals surface area contributed by atoms with E-state index >= 15 is 0 Å². The lowest BCUT2D eigenvalue weighted by atomic mass is 9.80. The number of nitrogens with one attached hydrogen (secondary N) is 1. The Kier molecular flexibility index (Phi) is 6.35. The number of fused-ring (bicyclic) bond motifs is 1. The van der Waals surface area contributed by atoms with E-state index in [1.807, 2.05) is 41.8 Å². The molecule has 0 saturated carbocycles. The first-order chi connectivity index (χ1) is 13.9.